The molecule has 0 atom stereocenters. The molecule has 7 nitrogen and oxygen atoms in total. The van der Waals surface area contributed by atoms with E-state index in [0.717, 1.165) is 10.9 Å². The largest absolute Gasteiger partial charge is 0.449 e. The maximum absolute atomic E-state index is 12.9. The van der Waals surface area contributed by atoms with Crippen LogP contribution in [0.4, 0.5) is 0 Å². The monoisotopic (exact) mass is 419 g/mol. The molecule has 0 spiro atoms. The average Bonchev–Trinajstić information content (AvgIpc) is 3.06. The fraction of sp³-hybridized carbons (Fsp3) is 0.263. The number of benzene rings is 1. The summed E-state index contributed by atoms with van der Waals surface area (Å²) in [4.78, 5) is 18.6. The SMILES string of the molecule is Cc1c(C(=O)N2CCN(S(=O)(=O)c3cccnc3)CC2)oc2c(Cl)cccc12. The summed E-state index contributed by atoms with van der Waals surface area (Å²) in [5.41, 5.74) is 1.22. The van der Waals surface area contributed by atoms with Crippen LogP contribution in [0.5, 0.6) is 0 Å². The van der Waals surface area contributed by atoms with Crippen LogP contribution in [0.1, 0.15) is 16.1 Å². The second kappa shape index (κ2) is 7.20. The van der Waals surface area contributed by atoms with Gasteiger partial charge in [0.2, 0.25) is 10.0 Å². The Morgan fingerprint density at radius 2 is 1.89 bits per heavy atom. The van der Waals surface area contributed by atoms with Gasteiger partial charge in [-0.1, -0.05) is 23.7 Å². The molecule has 146 valence electrons. The first-order valence-corrected chi connectivity index (χ1v) is 10.6. The summed E-state index contributed by atoms with van der Waals surface area (Å²) in [6, 6.07) is 8.48. The zero-order chi connectivity index (χ0) is 19.9. The standard InChI is InChI=1S/C19H18ClN3O4S/c1-13-15-5-2-6-16(20)18(15)27-17(13)19(24)22-8-10-23(11-9-22)28(25,26)14-4-3-7-21-12-14/h2-7,12H,8-11H2,1H3. The number of halogens is 1. The number of sulfonamides is 1. The quantitative estimate of drug-likeness (QED) is 0.651. The normalized spacial score (nSPS) is 15.9. The summed E-state index contributed by atoms with van der Waals surface area (Å²) in [5.74, 6) is -0.0186. The molecule has 9 heteroatoms. The van der Waals surface area contributed by atoms with Crippen molar-refractivity contribution in [2.45, 2.75) is 11.8 Å². The van der Waals surface area contributed by atoms with Crippen molar-refractivity contribution >= 4 is 38.5 Å². The molecule has 1 amide bonds. The first-order valence-electron chi connectivity index (χ1n) is 8.76. The van der Waals surface area contributed by atoms with Crippen LogP contribution in [-0.4, -0.2) is 54.7 Å². The molecule has 1 saturated heterocycles. The molecule has 2 aromatic heterocycles. The smallest absolute Gasteiger partial charge is 0.289 e. The van der Waals surface area contributed by atoms with Crippen LogP contribution in [0.25, 0.3) is 11.0 Å². The number of para-hydroxylation sites is 1. The predicted molar refractivity (Wildman–Crippen MR) is 105 cm³/mol. The number of hydrogen-bond acceptors (Lipinski definition) is 5. The van der Waals surface area contributed by atoms with Crippen LogP contribution in [-0.2, 0) is 10.0 Å². The van der Waals surface area contributed by atoms with Crippen LogP contribution < -0.4 is 0 Å². The number of carbonyl (C=O) groups is 1. The minimum atomic E-state index is -3.62. The van der Waals surface area contributed by atoms with E-state index in [0.29, 0.717) is 10.6 Å². The molecular formula is C19H18ClN3O4S. The number of amides is 1. The minimum Gasteiger partial charge on any atom is -0.449 e. The van der Waals surface area contributed by atoms with Crippen molar-refractivity contribution in [2.75, 3.05) is 26.2 Å². The number of carbonyl (C=O) groups excluding carboxylic acids is 1. The third kappa shape index (κ3) is 3.17. The molecule has 0 saturated carbocycles. The number of aromatic nitrogens is 1. The van der Waals surface area contributed by atoms with Crippen molar-refractivity contribution in [1.82, 2.24) is 14.2 Å². The summed E-state index contributed by atoms with van der Waals surface area (Å²) in [7, 11) is -3.62. The molecule has 1 fully saturated rings. The van der Waals surface area contributed by atoms with Gasteiger partial charge in [-0.15, -0.1) is 0 Å². The van der Waals surface area contributed by atoms with Crippen molar-refractivity contribution in [3.05, 3.63) is 59.1 Å². The Labute approximate surface area is 167 Å². The lowest BCUT2D eigenvalue weighted by molar-refractivity contribution is 0.0667. The van der Waals surface area contributed by atoms with E-state index in [9.17, 15) is 13.2 Å². The summed E-state index contributed by atoms with van der Waals surface area (Å²) in [6.07, 6.45) is 2.85. The van der Waals surface area contributed by atoms with Gasteiger partial charge in [0.05, 0.1) is 5.02 Å². The van der Waals surface area contributed by atoms with E-state index in [1.807, 2.05) is 19.1 Å². The summed E-state index contributed by atoms with van der Waals surface area (Å²) in [5, 5.41) is 1.25. The van der Waals surface area contributed by atoms with E-state index >= 15 is 0 Å². The van der Waals surface area contributed by atoms with Gasteiger partial charge in [0.1, 0.15) is 4.90 Å². The second-order valence-electron chi connectivity index (χ2n) is 6.56. The molecule has 3 heterocycles. The number of fused-ring (bicyclic) bond motifs is 1. The maximum atomic E-state index is 12.9. The van der Waals surface area contributed by atoms with Crippen molar-refractivity contribution in [2.24, 2.45) is 0 Å². The highest BCUT2D eigenvalue weighted by Crippen LogP contribution is 2.31. The van der Waals surface area contributed by atoms with Crippen LogP contribution >= 0.6 is 11.6 Å². The minimum absolute atomic E-state index is 0.151. The zero-order valence-corrected chi connectivity index (χ0v) is 16.7. The average molecular weight is 420 g/mol. The van der Waals surface area contributed by atoms with Gasteiger partial charge in [-0.05, 0) is 25.1 Å². The molecule has 1 aliphatic rings. The van der Waals surface area contributed by atoms with Crippen molar-refractivity contribution < 1.29 is 17.6 Å². The lowest BCUT2D eigenvalue weighted by atomic mass is 10.1. The molecule has 3 aromatic rings. The Kier molecular flexibility index (Phi) is 4.86. The Bertz CT molecular complexity index is 1140. The Morgan fingerprint density at radius 3 is 2.54 bits per heavy atom. The number of rotatable bonds is 3. The molecule has 1 aliphatic heterocycles. The van der Waals surface area contributed by atoms with Gasteiger partial charge in [-0.3, -0.25) is 9.78 Å². The number of nitrogens with zero attached hydrogens (tertiary/aromatic N) is 3. The fourth-order valence-corrected chi connectivity index (χ4v) is 4.94. The Morgan fingerprint density at radius 1 is 1.14 bits per heavy atom. The lowest BCUT2D eigenvalue weighted by Crippen LogP contribution is -2.50. The van der Waals surface area contributed by atoms with Gasteiger partial charge in [-0.2, -0.15) is 4.31 Å². The number of aryl methyl sites for hydroxylation is 1. The maximum Gasteiger partial charge on any atom is 0.289 e. The fourth-order valence-electron chi connectivity index (χ4n) is 3.34. The number of hydrogen-bond donors (Lipinski definition) is 0. The van der Waals surface area contributed by atoms with Crippen LogP contribution in [0.15, 0.2) is 52.0 Å². The van der Waals surface area contributed by atoms with Gasteiger partial charge in [0, 0.05) is 49.5 Å². The van der Waals surface area contributed by atoms with E-state index in [2.05, 4.69) is 4.98 Å². The molecule has 0 N–H and O–H groups in total. The number of piperazine rings is 1. The van der Waals surface area contributed by atoms with Crippen molar-refractivity contribution in [1.29, 1.82) is 0 Å². The molecule has 4 rings (SSSR count). The summed E-state index contributed by atoms with van der Waals surface area (Å²) < 4.78 is 32.5. The van der Waals surface area contributed by atoms with Crippen LogP contribution in [0.3, 0.4) is 0 Å². The first-order chi connectivity index (χ1) is 13.4. The predicted octanol–water partition coefficient (Wildman–Crippen LogP) is 2.94. The van der Waals surface area contributed by atoms with E-state index in [1.165, 1.54) is 22.8 Å². The second-order valence-corrected chi connectivity index (χ2v) is 8.90. The lowest BCUT2D eigenvalue weighted by Gasteiger charge is -2.33. The van der Waals surface area contributed by atoms with Gasteiger partial charge in [0.25, 0.3) is 5.91 Å². The summed E-state index contributed by atoms with van der Waals surface area (Å²) in [6.45, 7) is 2.80. The molecule has 0 aliphatic carbocycles. The molecule has 0 radical (unpaired) electrons. The van der Waals surface area contributed by atoms with E-state index < -0.39 is 10.0 Å². The van der Waals surface area contributed by atoms with E-state index in [4.69, 9.17) is 16.0 Å². The van der Waals surface area contributed by atoms with Gasteiger partial charge >= 0.3 is 0 Å². The molecule has 28 heavy (non-hydrogen) atoms. The Hall–Kier alpha value is -2.42. The number of pyridine rings is 1. The zero-order valence-electron chi connectivity index (χ0n) is 15.1. The highest BCUT2D eigenvalue weighted by Gasteiger charge is 2.32. The van der Waals surface area contributed by atoms with Crippen molar-refractivity contribution in [3.8, 4) is 0 Å². The highest BCUT2D eigenvalue weighted by molar-refractivity contribution is 7.89. The third-order valence-electron chi connectivity index (χ3n) is 4.91. The summed E-state index contributed by atoms with van der Waals surface area (Å²) >= 11 is 6.16. The van der Waals surface area contributed by atoms with Gasteiger partial charge < -0.3 is 9.32 Å². The molecule has 0 unspecified atom stereocenters. The van der Waals surface area contributed by atoms with Crippen molar-refractivity contribution in [3.63, 3.8) is 0 Å². The van der Waals surface area contributed by atoms with E-state index in [1.54, 1.807) is 17.0 Å². The van der Waals surface area contributed by atoms with E-state index in [-0.39, 0.29) is 42.7 Å². The van der Waals surface area contributed by atoms with Gasteiger partial charge in [-0.25, -0.2) is 8.42 Å². The molecule has 0 bridgehead atoms. The first kappa shape index (κ1) is 18.9. The topological polar surface area (TPSA) is 83.7 Å². The van der Waals surface area contributed by atoms with Crippen LogP contribution in [0, 0.1) is 6.92 Å². The molecule has 1 aromatic carbocycles. The Balaban J connectivity index is 1.52. The molecular weight excluding hydrogens is 402 g/mol. The van der Waals surface area contributed by atoms with Crippen LogP contribution in [0.2, 0.25) is 5.02 Å². The van der Waals surface area contributed by atoms with Gasteiger partial charge in [0.15, 0.2) is 11.3 Å². The third-order valence-corrected chi connectivity index (χ3v) is 7.09. The highest BCUT2D eigenvalue weighted by atomic mass is 35.5. The number of furan rings is 1.